The Morgan fingerprint density at radius 3 is 2.63 bits per heavy atom. The second-order valence-corrected chi connectivity index (χ2v) is 11.5. The summed E-state index contributed by atoms with van der Waals surface area (Å²) in [5.41, 5.74) is 0.739. The number of carboxylic acids is 1. The molecule has 200 valence electrons. The van der Waals surface area contributed by atoms with E-state index in [0.717, 1.165) is 0 Å². The van der Waals surface area contributed by atoms with Crippen LogP contribution >= 0.6 is 0 Å². The highest BCUT2D eigenvalue weighted by molar-refractivity contribution is 7.89. The topological polar surface area (TPSA) is 120 Å². The minimum Gasteiger partial charge on any atom is -0.491 e. The van der Waals surface area contributed by atoms with E-state index in [1.165, 1.54) is 34.6 Å². The maximum atomic E-state index is 14.2. The second-order valence-electron chi connectivity index (χ2n) is 9.64. The van der Waals surface area contributed by atoms with E-state index in [4.69, 9.17) is 4.74 Å². The molecule has 2 aromatic heterocycles. The van der Waals surface area contributed by atoms with Crippen molar-refractivity contribution in [1.29, 1.82) is 0 Å². The number of ether oxygens (including phenoxy) is 1. The van der Waals surface area contributed by atoms with Crippen LogP contribution < -0.4 is 4.74 Å². The Labute approximate surface area is 219 Å². The monoisotopic (exact) mass is 541 g/mol. The summed E-state index contributed by atoms with van der Waals surface area (Å²) in [6, 6.07) is 9.52. The number of nitrogens with zero attached hydrogens (tertiary/aromatic N) is 5. The highest BCUT2D eigenvalue weighted by atomic mass is 32.2. The van der Waals surface area contributed by atoms with Gasteiger partial charge >= 0.3 is 5.97 Å². The van der Waals surface area contributed by atoms with Crippen molar-refractivity contribution in [3.8, 4) is 5.75 Å². The van der Waals surface area contributed by atoms with Gasteiger partial charge in [-0.05, 0) is 62.7 Å². The number of carbonyl (C=O) groups is 1. The number of carboxylic acid groups (broad SMARTS) is 1. The Bertz CT molecular complexity index is 1550. The van der Waals surface area contributed by atoms with Crippen molar-refractivity contribution in [2.24, 2.45) is 0 Å². The summed E-state index contributed by atoms with van der Waals surface area (Å²) >= 11 is 0. The molecule has 0 saturated carbocycles. The van der Waals surface area contributed by atoms with Gasteiger partial charge in [-0.3, -0.25) is 9.48 Å². The summed E-state index contributed by atoms with van der Waals surface area (Å²) in [5.74, 6) is -0.967. The molecule has 38 heavy (non-hydrogen) atoms. The Morgan fingerprint density at radius 2 is 1.97 bits per heavy atom. The molecule has 1 N–H and O–H groups in total. The van der Waals surface area contributed by atoms with Gasteiger partial charge in [0.2, 0.25) is 10.0 Å². The molecule has 2 aromatic carbocycles. The van der Waals surface area contributed by atoms with Crippen molar-refractivity contribution in [3.05, 3.63) is 72.7 Å². The third-order valence-corrected chi connectivity index (χ3v) is 8.47. The summed E-state index contributed by atoms with van der Waals surface area (Å²) in [7, 11) is -3.92. The number of fused-ring (bicyclic) bond motifs is 1. The van der Waals surface area contributed by atoms with Crippen LogP contribution in [0.4, 0.5) is 4.39 Å². The predicted molar refractivity (Wildman–Crippen MR) is 137 cm³/mol. The van der Waals surface area contributed by atoms with Gasteiger partial charge in [0.05, 0.1) is 41.0 Å². The first kappa shape index (κ1) is 25.9. The van der Waals surface area contributed by atoms with Crippen molar-refractivity contribution < 1.29 is 27.4 Å². The standard InChI is InChI=1S/C26H28FN5O5S/c1-17(2)37-21-4-6-22(7-5-21)38(35,36)31-15-20(12-19(31)14-30-10-9-28-16-30)32-25-11-18(27)3-8-23(25)24(29-32)13-26(33)34/h3-11,16-17,19-20H,12-15H2,1-2H3,(H,33,34)/t19-,20-/m1/s1. The van der Waals surface area contributed by atoms with Crippen molar-refractivity contribution in [2.75, 3.05) is 6.54 Å². The highest BCUT2D eigenvalue weighted by Crippen LogP contribution is 2.36. The first-order chi connectivity index (χ1) is 18.1. The highest BCUT2D eigenvalue weighted by Gasteiger charge is 2.42. The van der Waals surface area contributed by atoms with E-state index in [0.29, 0.717) is 35.3 Å². The second kappa shape index (κ2) is 10.2. The lowest BCUT2D eigenvalue weighted by molar-refractivity contribution is -0.136. The first-order valence-corrected chi connectivity index (χ1v) is 13.7. The molecule has 0 aliphatic carbocycles. The Morgan fingerprint density at radius 1 is 1.21 bits per heavy atom. The van der Waals surface area contributed by atoms with Crippen molar-refractivity contribution in [1.82, 2.24) is 23.6 Å². The fourth-order valence-electron chi connectivity index (χ4n) is 4.96. The minimum atomic E-state index is -3.92. The van der Waals surface area contributed by atoms with Crippen LogP contribution in [-0.2, 0) is 27.8 Å². The molecule has 1 fully saturated rings. The van der Waals surface area contributed by atoms with E-state index < -0.39 is 33.9 Å². The van der Waals surface area contributed by atoms with Gasteiger partial charge in [0.25, 0.3) is 0 Å². The number of aromatic nitrogens is 4. The quantitative estimate of drug-likeness (QED) is 0.344. The average Bonchev–Trinajstić information content (AvgIpc) is 3.59. The predicted octanol–water partition coefficient (Wildman–Crippen LogP) is 3.49. The summed E-state index contributed by atoms with van der Waals surface area (Å²) < 4.78 is 52.4. The van der Waals surface area contributed by atoms with Crippen LogP contribution in [-0.4, -0.2) is 61.8 Å². The third kappa shape index (κ3) is 5.14. The Hall–Kier alpha value is -3.77. The SMILES string of the molecule is CC(C)Oc1ccc(S(=O)(=O)N2C[C@H](n3nc(CC(=O)O)c4ccc(F)cc43)C[C@@H]2Cn2ccnc2)cc1. The molecule has 0 radical (unpaired) electrons. The summed E-state index contributed by atoms with van der Waals surface area (Å²) in [4.78, 5) is 15.6. The largest absolute Gasteiger partial charge is 0.491 e. The molecule has 0 spiro atoms. The minimum absolute atomic E-state index is 0.0453. The molecule has 2 atom stereocenters. The van der Waals surface area contributed by atoms with E-state index in [1.807, 2.05) is 18.4 Å². The van der Waals surface area contributed by atoms with Gasteiger partial charge in [-0.15, -0.1) is 0 Å². The number of sulfonamides is 1. The first-order valence-electron chi connectivity index (χ1n) is 12.2. The van der Waals surface area contributed by atoms with Crippen LogP contribution in [0.25, 0.3) is 10.9 Å². The lowest BCUT2D eigenvalue weighted by atomic mass is 10.1. The molecule has 0 amide bonds. The molecule has 3 heterocycles. The normalized spacial score (nSPS) is 18.4. The fraction of sp³-hybridized carbons (Fsp3) is 0.346. The molecule has 0 bridgehead atoms. The van der Waals surface area contributed by atoms with Crippen molar-refractivity contribution >= 4 is 26.9 Å². The lowest BCUT2D eigenvalue weighted by Crippen LogP contribution is -2.38. The van der Waals surface area contributed by atoms with Gasteiger partial charge in [0, 0.05) is 36.9 Å². The molecule has 1 aliphatic rings. The van der Waals surface area contributed by atoms with E-state index in [2.05, 4.69) is 10.1 Å². The average molecular weight is 542 g/mol. The zero-order valence-electron chi connectivity index (χ0n) is 20.9. The van der Waals surface area contributed by atoms with Crippen LogP contribution in [0, 0.1) is 5.82 Å². The molecule has 4 aromatic rings. The van der Waals surface area contributed by atoms with E-state index in [9.17, 15) is 22.7 Å². The van der Waals surface area contributed by atoms with Crippen LogP contribution in [0.1, 0.15) is 32.0 Å². The number of aliphatic carboxylic acids is 1. The van der Waals surface area contributed by atoms with Gasteiger partial charge in [-0.1, -0.05) is 0 Å². The van der Waals surface area contributed by atoms with E-state index >= 15 is 0 Å². The molecule has 5 rings (SSSR count). The molecule has 12 heteroatoms. The number of hydrogen-bond donors (Lipinski definition) is 1. The van der Waals surface area contributed by atoms with E-state index in [-0.39, 0.29) is 24.0 Å². The summed E-state index contributed by atoms with van der Waals surface area (Å²) in [6.45, 7) is 4.23. The molecular weight excluding hydrogens is 513 g/mol. The fourth-order valence-corrected chi connectivity index (χ4v) is 6.63. The van der Waals surface area contributed by atoms with Gasteiger partial charge < -0.3 is 14.4 Å². The third-order valence-electron chi connectivity index (χ3n) is 6.54. The summed E-state index contributed by atoms with van der Waals surface area (Å²) in [5, 5.41) is 14.4. The smallest absolute Gasteiger partial charge is 0.309 e. The maximum Gasteiger partial charge on any atom is 0.309 e. The Kier molecular flexibility index (Phi) is 6.93. The number of hydrogen-bond acceptors (Lipinski definition) is 6. The molecule has 10 nitrogen and oxygen atoms in total. The van der Waals surface area contributed by atoms with Crippen molar-refractivity contribution in [2.45, 2.75) is 56.3 Å². The number of halogens is 1. The summed E-state index contributed by atoms with van der Waals surface area (Å²) in [6.07, 6.45) is 5.04. The zero-order valence-corrected chi connectivity index (χ0v) is 21.8. The van der Waals surface area contributed by atoms with E-state index in [1.54, 1.807) is 35.5 Å². The van der Waals surface area contributed by atoms with Crippen LogP contribution in [0.3, 0.4) is 0 Å². The molecule has 1 saturated heterocycles. The zero-order chi connectivity index (χ0) is 27.0. The van der Waals surface area contributed by atoms with Gasteiger partial charge in [-0.2, -0.15) is 9.40 Å². The van der Waals surface area contributed by atoms with Gasteiger partial charge in [-0.25, -0.2) is 17.8 Å². The number of rotatable bonds is 9. The molecule has 0 unspecified atom stereocenters. The Balaban J connectivity index is 1.52. The van der Waals surface area contributed by atoms with Crippen LogP contribution in [0.5, 0.6) is 5.75 Å². The van der Waals surface area contributed by atoms with Crippen LogP contribution in [0.15, 0.2) is 66.1 Å². The van der Waals surface area contributed by atoms with Crippen molar-refractivity contribution in [3.63, 3.8) is 0 Å². The molecular formula is C26H28FN5O5S. The molecule has 1 aliphatic heterocycles. The van der Waals surface area contributed by atoms with Gasteiger partial charge in [0.1, 0.15) is 11.6 Å². The lowest BCUT2D eigenvalue weighted by Gasteiger charge is -2.24. The maximum absolute atomic E-state index is 14.2. The number of imidazole rings is 1. The van der Waals surface area contributed by atoms with Crippen LogP contribution in [0.2, 0.25) is 0 Å². The number of benzene rings is 2. The van der Waals surface area contributed by atoms with Gasteiger partial charge in [0.15, 0.2) is 0 Å².